The van der Waals surface area contributed by atoms with Crippen LogP contribution in [-0.4, -0.2) is 19.5 Å². The highest BCUT2D eigenvalue weighted by Gasteiger charge is 2.18. The van der Waals surface area contributed by atoms with Crippen molar-refractivity contribution in [3.05, 3.63) is 26.7 Å². The Bertz CT molecular complexity index is 662. The third kappa shape index (κ3) is 1.79. The van der Waals surface area contributed by atoms with Crippen LogP contribution in [0.5, 0.6) is 0 Å². The number of aryl methyl sites for hydroxylation is 1. The molecular formula is C11H16N4O2. The van der Waals surface area contributed by atoms with Gasteiger partial charge in [0.1, 0.15) is 11.3 Å². The van der Waals surface area contributed by atoms with Gasteiger partial charge in [0.15, 0.2) is 5.65 Å². The molecule has 2 N–H and O–H groups in total. The lowest BCUT2D eigenvalue weighted by Crippen LogP contribution is -2.33. The highest BCUT2D eigenvalue weighted by Crippen LogP contribution is 2.17. The van der Waals surface area contributed by atoms with Gasteiger partial charge in [0, 0.05) is 6.04 Å². The van der Waals surface area contributed by atoms with E-state index in [9.17, 15) is 9.59 Å². The largest absolute Gasteiger partial charge is 0.336 e. The average molecular weight is 236 g/mol. The maximum Gasteiger partial charge on any atom is 0.330 e. The number of aromatic amines is 2. The van der Waals surface area contributed by atoms with E-state index in [2.05, 4.69) is 15.0 Å². The molecule has 2 aromatic heterocycles. The molecule has 0 spiro atoms. The number of fused-ring (bicyclic) bond motifs is 1. The monoisotopic (exact) mass is 236 g/mol. The number of rotatable bonds is 2. The van der Waals surface area contributed by atoms with Crippen LogP contribution in [-0.2, 0) is 0 Å². The predicted octanol–water partition coefficient (Wildman–Crippen LogP) is 0.938. The maximum atomic E-state index is 11.9. The van der Waals surface area contributed by atoms with E-state index in [1.54, 1.807) is 6.92 Å². The van der Waals surface area contributed by atoms with Crippen LogP contribution in [0.15, 0.2) is 9.59 Å². The highest BCUT2D eigenvalue weighted by atomic mass is 16.2. The molecule has 6 nitrogen and oxygen atoms in total. The van der Waals surface area contributed by atoms with Gasteiger partial charge in [0.05, 0.1) is 0 Å². The predicted molar refractivity (Wildman–Crippen MR) is 65.3 cm³/mol. The van der Waals surface area contributed by atoms with E-state index in [4.69, 9.17) is 0 Å². The molecule has 0 radical (unpaired) electrons. The number of hydrogen-bond acceptors (Lipinski definition) is 3. The van der Waals surface area contributed by atoms with E-state index in [-0.39, 0.29) is 12.0 Å². The Hall–Kier alpha value is -1.85. The third-order valence-corrected chi connectivity index (χ3v) is 3.07. The van der Waals surface area contributed by atoms with Gasteiger partial charge in [-0.15, -0.1) is 0 Å². The lowest BCUT2D eigenvalue weighted by atomic mass is 10.1. The zero-order valence-corrected chi connectivity index (χ0v) is 10.4. The van der Waals surface area contributed by atoms with Gasteiger partial charge in [-0.2, -0.15) is 0 Å². The fraction of sp³-hybridized carbons (Fsp3) is 0.545. The Morgan fingerprint density at radius 1 is 1.18 bits per heavy atom. The van der Waals surface area contributed by atoms with Gasteiger partial charge in [-0.3, -0.25) is 14.3 Å². The summed E-state index contributed by atoms with van der Waals surface area (Å²) in [5, 5.41) is 0. The van der Waals surface area contributed by atoms with Crippen molar-refractivity contribution >= 4 is 11.2 Å². The van der Waals surface area contributed by atoms with E-state index >= 15 is 0 Å². The van der Waals surface area contributed by atoms with Crippen molar-refractivity contribution < 1.29 is 0 Å². The van der Waals surface area contributed by atoms with E-state index in [1.165, 1.54) is 4.57 Å². The third-order valence-electron chi connectivity index (χ3n) is 3.07. The summed E-state index contributed by atoms with van der Waals surface area (Å²) in [6, 6.07) is -0.0236. The Balaban J connectivity index is 2.87. The molecule has 2 aromatic rings. The van der Waals surface area contributed by atoms with Gasteiger partial charge in [0.2, 0.25) is 0 Å². The molecule has 0 saturated carbocycles. The van der Waals surface area contributed by atoms with E-state index in [1.807, 2.05) is 20.8 Å². The topological polar surface area (TPSA) is 83.5 Å². The minimum absolute atomic E-state index is 0.0236. The normalized spacial score (nSPS) is 13.5. The van der Waals surface area contributed by atoms with E-state index < -0.39 is 11.2 Å². The van der Waals surface area contributed by atoms with Crippen LogP contribution in [0.4, 0.5) is 0 Å². The minimum atomic E-state index is -0.419. The van der Waals surface area contributed by atoms with E-state index in [0.29, 0.717) is 17.0 Å². The molecule has 17 heavy (non-hydrogen) atoms. The SMILES string of the molecule is Cc1nc2c([nH]1)c(=O)[nH]c(=O)n2C(C)C(C)C. The number of aromatic nitrogens is 4. The summed E-state index contributed by atoms with van der Waals surface area (Å²) in [4.78, 5) is 32.9. The van der Waals surface area contributed by atoms with Crippen molar-refractivity contribution in [1.29, 1.82) is 0 Å². The van der Waals surface area contributed by atoms with Crippen molar-refractivity contribution in [2.45, 2.75) is 33.7 Å². The van der Waals surface area contributed by atoms with Crippen molar-refractivity contribution in [3.63, 3.8) is 0 Å². The van der Waals surface area contributed by atoms with E-state index in [0.717, 1.165) is 0 Å². The second-order valence-corrected chi connectivity index (χ2v) is 4.63. The van der Waals surface area contributed by atoms with Crippen molar-refractivity contribution in [1.82, 2.24) is 19.5 Å². The standard InChI is InChI=1S/C11H16N4O2/c1-5(2)6(3)15-9-8(12-7(4)13-9)10(16)14-11(15)17/h5-6H,1-4H3,(H,12,13)(H,14,16,17). The number of nitrogens with zero attached hydrogens (tertiary/aromatic N) is 2. The van der Waals surface area contributed by atoms with Gasteiger partial charge < -0.3 is 4.98 Å². The molecule has 92 valence electrons. The first-order chi connectivity index (χ1) is 7.91. The summed E-state index contributed by atoms with van der Waals surface area (Å²) >= 11 is 0. The minimum Gasteiger partial charge on any atom is -0.336 e. The summed E-state index contributed by atoms with van der Waals surface area (Å²) in [5.74, 6) is 0.902. The van der Waals surface area contributed by atoms with Crippen LogP contribution in [0.3, 0.4) is 0 Å². The molecule has 0 fully saturated rings. The molecular weight excluding hydrogens is 220 g/mol. The molecule has 1 unspecified atom stereocenters. The molecule has 0 aliphatic rings. The van der Waals surface area contributed by atoms with Crippen molar-refractivity contribution in [3.8, 4) is 0 Å². The molecule has 1 atom stereocenters. The lowest BCUT2D eigenvalue weighted by Gasteiger charge is -2.18. The quantitative estimate of drug-likeness (QED) is 0.813. The van der Waals surface area contributed by atoms with Crippen molar-refractivity contribution in [2.24, 2.45) is 5.92 Å². The molecule has 2 heterocycles. The second-order valence-electron chi connectivity index (χ2n) is 4.63. The van der Waals surface area contributed by atoms with Crippen LogP contribution < -0.4 is 11.2 Å². The van der Waals surface area contributed by atoms with Crippen LogP contribution in [0.25, 0.3) is 11.2 Å². The Labute approximate surface area is 97.7 Å². The molecule has 0 saturated heterocycles. The summed E-state index contributed by atoms with van der Waals surface area (Å²) in [7, 11) is 0. The number of imidazole rings is 1. The molecule has 0 amide bonds. The van der Waals surface area contributed by atoms with Crippen LogP contribution in [0.1, 0.15) is 32.6 Å². The molecule has 0 aliphatic carbocycles. The van der Waals surface area contributed by atoms with Gasteiger partial charge in [-0.05, 0) is 19.8 Å². The van der Waals surface area contributed by atoms with Crippen molar-refractivity contribution in [2.75, 3.05) is 0 Å². The molecule has 0 bridgehead atoms. The van der Waals surface area contributed by atoms with Gasteiger partial charge in [-0.1, -0.05) is 13.8 Å². The van der Waals surface area contributed by atoms with Gasteiger partial charge in [0.25, 0.3) is 5.56 Å². The Kier molecular flexibility index (Phi) is 2.65. The smallest absolute Gasteiger partial charge is 0.330 e. The zero-order chi connectivity index (χ0) is 12.7. The Morgan fingerprint density at radius 2 is 1.82 bits per heavy atom. The maximum absolute atomic E-state index is 11.9. The highest BCUT2D eigenvalue weighted by molar-refractivity contribution is 5.69. The fourth-order valence-electron chi connectivity index (χ4n) is 1.80. The summed E-state index contributed by atoms with van der Waals surface area (Å²) in [5.41, 5.74) is -0.0416. The zero-order valence-electron chi connectivity index (χ0n) is 10.4. The summed E-state index contributed by atoms with van der Waals surface area (Å²) in [6.07, 6.45) is 0. The average Bonchev–Trinajstić information content (AvgIpc) is 2.59. The molecule has 0 aliphatic heterocycles. The fourth-order valence-corrected chi connectivity index (χ4v) is 1.80. The van der Waals surface area contributed by atoms with Crippen LogP contribution in [0.2, 0.25) is 0 Å². The lowest BCUT2D eigenvalue weighted by molar-refractivity contribution is 0.402. The first-order valence-electron chi connectivity index (χ1n) is 5.63. The number of hydrogen-bond donors (Lipinski definition) is 2. The van der Waals surface area contributed by atoms with Gasteiger partial charge >= 0.3 is 5.69 Å². The van der Waals surface area contributed by atoms with Gasteiger partial charge in [-0.25, -0.2) is 9.78 Å². The summed E-state index contributed by atoms with van der Waals surface area (Å²) < 4.78 is 1.53. The van der Waals surface area contributed by atoms with Crippen LogP contribution in [0, 0.1) is 12.8 Å². The Morgan fingerprint density at radius 3 is 2.41 bits per heavy atom. The molecule has 6 heteroatoms. The summed E-state index contributed by atoms with van der Waals surface area (Å²) in [6.45, 7) is 7.74. The number of nitrogens with one attached hydrogen (secondary N) is 2. The first kappa shape index (κ1) is 11.6. The second kappa shape index (κ2) is 3.87. The number of H-pyrrole nitrogens is 2. The molecule has 2 rings (SSSR count). The first-order valence-corrected chi connectivity index (χ1v) is 5.63. The molecule has 0 aromatic carbocycles. The van der Waals surface area contributed by atoms with Crippen LogP contribution >= 0.6 is 0 Å².